The molecule has 3 aromatic heterocycles. The zero-order valence-electron chi connectivity index (χ0n) is 17.0. The van der Waals surface area contributed by atoms with Crippen LogP contribution in [-0.2, 0) is 11.8 Å². The summed E-state index contributed by atoms with van der Waals surface area (Å²) < 4.78 is 1.80. The Balaban J connectivity index is 1.33. The first-order chi connectivity index (χ1) is 14.2. The minimum Gasteiger partial charge on any atom is -0.367 e. The summed E-state index contributed by atoms with van der Waals surface area (Å²) >= 11 is 0. The summed E-state index contributed by atoms with van der Waals surface area (Å²) in [6, 6.07) is 4.25. The van der Waals surface area contributed by atoms with E-state index in [9.17, 15) is 4.79 Å². The van der Waals surface area contributed by atoms with Crippen molar-refractivity contribution in [3.05, 3.63) is 30.7 Å². The lowest BCUT2D eigenvalue weighted by Gasteiger charge is -2.38. The van der Waals surface area contributed by atoms with Gasteiger partial charge in [0.15, 0.2) is 0 Å². The molecule has 0 unspecified atom stereocenters. The molecule has 0 atom stereocenters. The van der Waals surface area contributed by atoms with Crippen LogP contribution in [-0.4, -0.2) is 56.7 Å². The van der Waals surface area contributed by atoms with Crippen molar-refractivity contribution in [2.24, 2.45) is 13.0 Å². The summed E-state index contributed by atoms with van der Waals surface area (Å²) in [5.74, 6) is 0.638. The number of aromatic nitrogens is 4. The van der Waals surface area contributed by atoms with Gasteiger partial charge >= 0.3 is 0 Å². The maximum Gasteiger partial charge on any atom is 0.225 e. The second-order valence-electron chi connectivity index (χ2n) is 8.33. The number of rotatable bonds is 3. The molecule has 7 nitrogen and oxygen atoms in total. The molecule has 152 valence electrons. The number of H-pyrrole nitrogens is 1. The van der Waals surface area contributed by atoms with Crippen LogP contribution in [0.4, 0.5) is 5.69 Å². The second kappa shape index (κ2) is 7.54. The van der Waals surface area contributed by atoms with Gasteiger partial charge in [0, 0.05) is 68.2 Å². The quantitative estimate of drug-likeness (QED) is 0.743. The van der Waals surface area contributed by atoms with Gasteiger partial charge in [-0.15, -0.1) is 0 Å². The molecule has 1 saturated heterocycles. The van der Waals surface area contributed by atoms with Crippen molar-refractivity contribution in [1.82, 2.24) is 24.6 Å². The predicted molar refractivity (Wildman–Crippen MR) is 114 cm³/mol. The molecule has 0 radical (unpaired) electrons. The third-order valence-electron chi connectivity index (χ3n) is 6.41. The molecule has 1 N–H and O–H groups in total. The first-order valence-electron chi connectivity index (χ1n) is 10.7. The van der Waals surface area contributed by atoms with E-state index in [-0.39, 0.29) is 5.92 Å². The van der Waals surface area contributed by atoms with Crippen molar-refractivity contribution in [3.63, 3.8) is 0 Å². The van der Waals surface area contributed by atoms with Gasteiger partial charge in [0.2, 0.25) is 5.91 Å². The van der Waals surface area contributed by atoms with Gasteiger partial charge < -0.3 is 14.8 Å². The van der Waals surface area contributed by atoms with Gasteiger partial charge in [-0.3, -0.25) is 9.48 Å². The van der Waals surface area contributed by atoms with E-state index in [1.165, 1.54) is 24.9 Å². The molecule has 3 aromatic rings. The molecule has 0 spiro atoms. The van der Waals surface area contributed by atoms with Crippen molar-refractivity contribution in [3.8, 4) is 11.3 Å². The fourth-order valence-corrected chi connectivity index (χ4v) is 4.78. The van der Waals surface area contributed by atoms with Crippen LogP contribution >= 0.6 is 0 Å². The summed E-state index contributed by atoms with van der Waals surface area (Å²) in [7, 11) is 1.92. The van der Waals surface area contributed by atoms with Crippen LogP contribution in [0.25, 0.3) is 22.3 Å². The van der Waals surface area contributed by atoms with Gasteiger partial charge in [-0.2, -0.15) is 5.10 Å². The van der Waals surface area contributed by atoms with Crippen LogP contribution in [0.2, 0.25) is 0 Å². The lowest BCUT2D eigenvalue weighted by Crippen LogP contribution is -2.50. The molecule has 7 heteroatoms. The lowest BCUT2D eigenvalue weighted by molar-refractivity contribution is -0.136. The Kier molecular flexibility index (Phi) is 4.73. The van der Waals surface area contributed by atoms with E-state index in [4.69, 9.17) is 0 Å². The summed E-state index contributed by atoms with van der Waals surface area (Å²) in [6.07, 6.45) is 11.6. The van der Waals surface area contributed by atoms with Crippen molar-refractivity contribution >= 4 is 22.6 Å². The van der Waals surface area contributed by atoms with Crippen molar-refractivity contribution in [2.75, 3.05) is 31.1 Å². The number of piperazine rings is 1. The number of anilines is 1. The smallest absolute Gasteiger partial charge is 0.225 e. The van der Waals surface area contributed by atoms with E-state index in [2.05, 4.69) is 37.0 Å². The number of hydrogen-bond donors (Lipinski definition) is 1. The second-order valence-corrected chi connectivity index (χ2v) is 8.33. The van der Waals surface area contributed by atoms with E-state index in [1.54, 1.807) is 4.68 Å². The first-order valence-corrected chi connectivity index (χ1v) is 10.7. The maximum absolute atomic E-state index is 12.9. The summed E-state index contributed by atoms with van der Waals surface area (Å²) in [4.78, 5) is 25.3. The topological polar surface area (TPSA) is 70.1 Å². The predicted octanol–water partition coefficient (Wildman–Crippen LogP) is 3.19. The highest BCUT2D eigenvalue weighted by Crippen LogP contribution is 2.31. The number of aromatic amines is 1. The molecule has 1 saturated carbocycles. The van der Waals surface area contributed by atoms with E-state index in [0.717, 1.165) is 61.3 Å². The summed E-state index contributed by atoms with van der Waals surface area (Å²) in [5.41, 5.74) is 4.16. The van der Waals surface area contributed by atoms with Crippen LogP contribution in [0.5, 0.6) is 0 Å². The molecule has 2 aliphatic rings. The zero-order valence-corrected chi connectivity index (χ0v) is 17.0. The third-order valence-corrected chi connectivity index (χ3v) is 6.41. The Morgan fingerprint density at radius 3 is 2.66 bits per heavy atom. The molecule has 29 heavy (non-hydrogen) atoms. The van der Waals surface area contributed by atoms with Crippen LogP contribution in [0.1, 0.15) is 32.1 Å². The fraction of sp³-hybridized carbons (Fsp3) is 0.500. The monoisotopic (exact) mass is 392 g/mol. The molecule has 1 aliphatic heterocycles. The van der Waals surface area contributed by atoms with Gasteiger partial charge in [-0.1, -0.05) is 19.3 Å². The number of carbonyl (C=O) groups excluding carboxylic acids is 1. The fourth-order valence-electron chi connectivity index (χ4n) is 4.78. The minimum absolute atomic E-state index is 0.259. The molecule has 2 fully saturated rings. The molecule has 0 bridgehead atoms. The largest absolute Gasteiger partial charge is 0.367 e. The van der Waals surface area contributed by atoms with Crippen LogP contribution in [0, 0.1) is 5.92 Å². The highest BCUT2D eigenvalue weighted by molar-refractivity contribution is 5.93. The average molecular weight is 393 g/mol. The van der Waals surface area contributed by atoms with Crippen LogP contribution in [0.3, 0.4) is 0 Å². The summed E-state index contributed by atoms with van der Waals surface area (Å²) in [6.45, 7) is 3.34. The van der Waals surface area contributed by atoms with E-state index < -0.39 is 0 Å². The van der Waals surface area contributed by atoms with Crippen molar-refractivity contribution in [1.29, 1.82) is 0 Å². The lowest BCUT2D eigenvalue weighted by atomic mass is 9.88. The molecule has 0 aromatic carbocycles. The van der Waals surface area contributed by atoms with Gasteiger partial charge in [0.05, 0.1) is 11.9 Å². The average Bonchev–Trinajstić information content (AvgIpc) is 3.40. The van der Waals surface area contributed by atoms with Crippen LogP contribution < -0.4 is 4.90 Å². The molecule has 4 heterocycles. The third kappa shape index (κ3) is 3.50. The minimum atomic E-state index is 0.259. The Morgan fingerprint density at radius 1 is 1.14 bits per heavy atom. The number of aryl methyl sites for hydroxylation is 1. The van der Waals surface area contributed by atoms with E-state index in [0.29, 0.717) is 5.91 Å². The van der Waals surface area contributed by atoms with Crippen molar-refractivity contribution < 1.29 is 4.79 Å². The number of nitrogens with zero attached hydrogens (tertiary/aromatic N) is 5. The van der Waals surface area contributed by atoms with Gasteiger partial charge in [0.25, 0.3) is 0 Å². The number of fused-ring (bicyclic) bond motifs is 1. The van der Waals surface area contributed by atoms with E-state index in [1.807, 2.05) is 25.6 Å². The van der Waals surface area contributed by atoms with E-state index >= 15 is 0 Å². The molecular formula is C22H28N6O. The molecule has 1 amide bonds. The highest BCUT2D eigenvalue weighted by Gasteiger charge is 2.29. The van der Waals surface area contributed by atoms with Gasteiger partial charge in [-0.25, -0.2) is 4.98 Å². The zero-order chi connectivity index (χ0) is 19.8. The number of pyridine rings is 1. The van der Waals surface area contributed by atoms with Gasteiger partial charge in [0.1, 0.15) is 5.65 Å². The Bertz CT molecular complexity index is 1010. The Labute approximate surface area is 170 Å². The maximum atomic E-state index is 12.9. The van der Waals surface area contributed by atoms with Crippen LogP contribution in [0.15, 0.2) is 30.7 Å². The summed E-state index contributed by atoms with van der Waals surface area (Å²) in [5, 5.41) is 5.39. The molecular weight excluding hydrogens is 364 g/mol. The van der Waals surface area contributed by atoms with Crippen molar-refractivity contribution in [2.45, 2.75) is 32.1 Å². The first kappa shape index (κ1) is 18.2. The number of nitrogens with one attached hydrogen (secondary N) is 1. The molecule has 1 aliphatic carbocycles. The molecule has 5 rings (SSSR count). The number of carbonyl (C=O) groups is 1. The Hall–Kier alpha value is -2.83. The number of hydrogen-bond acceptors (Lipinski definition) is 4. The van der Waals surface area contributed by atoms with Gasteiger partial charge in [-0.05, 0) is 25.0 Å². The standard InChI is InChI=1S/C22H28N6O/c1-26-15-17(14-24-26)19-13-18-20(7-8-23-21(18)25-19)27-9-11-28(12-10-27)22(29)16-5-3-2-4-6-16/h7-8,13-16H,2-6,9-12H2,1H3,(H,23,25). The Morgan fingerprint density at radius 2 is 1.93 bits per heavy atom. The SMILES string of the molecule is Cn1cc(-c2cc3c(N4CCN(C(=O)C5CCCCC5)CC4)ccnc3[nH]2)cn1. The normalized spacial score (nSPS) is 18.5. The number of amides is 1. The highest BCUT2D eigenvalue weighted by atomic mass is 16.2.